The van der Waals surface area contributed by atoms with Crippen molar-refractivity contribution < 1.29 is 24.5 Å². The van der Waals surface area contributed by atoms with E-state index in [1.165, 1.54) is 0 Å². The lowest BCUT2D eigenvalue weighted by Crippen LogP contribution is -2.45. The van der Waals surface area contributed by atoms with E-state index in [-0.39, 0.29) is 24.2 Å². The van der Waals surface area contributed by atoms with E-state index in [9.17, 15) is 19.8 Å². The Kier molecular flexibility index (Phi) is 8.71. The quantitative estimate of drug-likeness (QED) is 0.426. The molecule has 0 saturated carbocycles. The molecule has 0 amide bonds. The minimum absolute atomic E-state index is 0.0264. The molecule has 34 heavy (non-hydrogen) atoms. The van der Waals surface area contributed by atoms with Crippen LogP contribution < -0.4 is 5.32 Å². The molecular weight excluding hydrogens is 452 g/mol. The summed E-state index contributed by atoms with van der Waals surface area (Å²) in [6.45, 7) is 10.8. The van der Waals surface area contributed by atoms with Gasteiger partial charge in [0.15, 0.2) is 0 Å². The predicted molar refractivity (Wildman–Crippen MR) is 133 cm³/mol. The van der Waals surface area contributed by atoms with Gasteiger partial charge >= 0.3 is 5.97 Å². The van der Waals surface area contributed by atoms with Gasteiger partial charge in [0.2, 0.25) is 0 Å². The summed E-state index contributed by atoms with van der Waals surface area (Å²) in [5.41, 5.74) is 0.567. The maximum absolute atomic E-state index is 13.2. The summed E-state index contributed by atoms with van der Waals surface area (Å²) in [7, 11) is 0. The van der Waals surface area contributed by atoms with E-state index in [2.05, 4.69) is 10.3 Å². The summed E-state index contributed by atoms with van der Waals surface area (Å²) in [6.07, 6.45) is 2.64. The Morgan fingerprint density at radius 3 is 2.59 bits per heavy atom. The second-order valence-electron chi connectivity index (χ2n) is 10.8. The zero-order valence-corrected chi connectivity index (χ0v) is 22.0. The molecule has 1 aromatic heterocycles. The molecule has 0 aromatic carbocycles. The van der Waals surface area contributed by atoms with E-state index in [1.54, 1.807) is 32.1 Å². The van der Waals surface area contributed by atoms with Crippen LogP contribution in [0.3, 0.4) is 0 Å². The van der Waals surface area contributed by atoms with E-state index in [0.29, 0.717) is 12.5 Å². The third-order valence-corrected chi connectivity index (χ3v) is 8.37. The molecule has 8 heteroatoms. The molecule has 7 nitrogen and oxygen atoms in total. The minimum Gasteiger partial charge on any atom is -0.458 e. The van der Waals surface area contributed by atoms with E-state index < -0.39 is 35.6 Å². The van der Waals surface area contributed by atoms with E-state index in [0.717, 1.165) is 35.5 Å². The number of aliphatic hydroxyl groups is 2. The highest BCUT2D eigenvalue weighted by Gasteiger charge is 2.43. The number of fused-ring (bicyclic) bond motifs is 1. The Hall–Kier alpha value is -1.61. The van der Waals surface area contributed by atoms with Crippen molar-refractivity contribution in [2.75, 3.05) is 0 Å². The first kappa shape index (κ1) is 27.0. The van der Waals surface area contributed by atoms with E-state index in [4.69, 9.17) is 4.74 Å². The summed E-state index contributed by atoms with van der Waals surface area (Å²) in [5.74, 6) is -1.43. The molecule has 1 aromatic rings. The zero-order chi connectivity index (χ0) is 25.2. The second kappa shape index (κ2) is 11.0. The summed E-state index contributed by atoms with van der Waals surface area (Å²) in [4.78, 5) is 30.5. The smallest absolute Gasteiger partial charge is 0.309 e. The number of carbonyl (C=O) groups excluding carboxylic acids is 2. The van der Waals surface area contributed by atoms with Gasteiger partial charge in [-0.15, -0.1) is 11.3 Å². The monoisotopic (exact) mass is 492 g/mol. The number of nitrogens with zero attached hydrogens (tertiary/aromatic N) is 1. The van der Waals surface area contributed by atoms with Crippen molar-refractivity contribution in [3.63, 3.8) is 0 Å². The Morgan fingerprint density at radius 2 is 1.94 bits per heavy atom. The van der Waals surface area contributed by atoms with Gasteiger partial charge in [-0.1, -0.05) is 34.1 Å². The fraction of sp³-hybridized carbons (Fsp3) is 0.731. The molecule has 7 atom stereocenters. The van der Waals surface area contributed by atoms with Crippen LogP contribution >= 0.6 is 11.3 Å². The van der Waals surface area contributed by atoms with Crippen LogP contribution in [-0.4, -0.2) is 57.3 Å². The number of ketones is 1. The topological polar surface area (TPSA) is 119 Å². The maximum Gasteiger partial charge on any atom is 0.309 e. The molecule has 190 valence electrons. The minimum atomic E-state index is -1.21. The molecule has 0 spiro atoms. The number of ether oxygens (including phenoxy) is 1. The normalized spacial score (nSPS) is 36.0. The summed E-state index contributed by atoms with van der Waals surface area (Å²) >= 11 is 1.57. The zero-order valence-electron chi connectivity index (χ0n) is 21.2. The first-order chi connectivity index (χ1) is 15.9. The van der Waals surface area contributed by atoms with Gasteiger partial charge in [-0.3, -0.25) is 9.59 Å². The molecule has 3 rings (SSSR count). The van der Waals surface area contributed by atoms with Crippen molar-refractivity contribution in [3.05, 3.63) is 21.7 Å². The standard InChI is InChI=1S/C26H40N2O5S/c1-14-8-7-9-19-20(28-19)11-21(15(2)10-18-13-34-17(4)27-18)33-23(30)12-22(29)26(5,6)25(32)16(3)24(14)31/h10,13-14,16,19-22,24,28-29,31H,7-9,11-12H2,1-6H3/t14?,16-,19-,20+,21+,22+,24+/m1/s1. The molecule has 2 saturated heterocycles. The number of hydrogen-bond donors (Lipinski definition) is 3. The fourth-order valence-electron chi connectivity index (χ4n) is 4.92. The number of thiazole rings is 1. The van der Waals surface area contributed by atoms with Crippen LogP contribution in [0, 0.1) is 24.2 Å². The number of esters is 1. The Labute approximate surface area is 207 Å². The van der Waals surface area contributed by atoms with Crippen LogP contribution in [-0.2, 0) is 14.3 Å². The lowest BCUT2D eigenvalue weighted by atomic mass is 9.73. The van der Waals surface area contributed by atoms with Gasteiger partial charge in [-0.2, -0.15) is 0 Å². The lowest BCUT2D eigenvalue weighted by Gasteiger charge is -2.34. The SMILES string of the molecule is CC(=Cc1csc(C)n1)[C@@H]1C[C@@H]2N[C@@H]2CCCC(C)[C@H](O)[C@@H](C)C(=O)C(C)(C)[C@@H](O)CC(=O)O1. The summed E-state index contributed by atoms with van der Waals surface area (Å²) in [6, 6.07) is 0.615. The number of cyclic esters (lactones) is 1. The van der Waals surface area contributed by atoms with Crippen molar-refractivity contribution in [1.29, 1.82) is 0 Å². The van der Waals surface area contributed by atoms with Crippen molar-refractivity contribution in [2.24, 2.45) is 17.3 Å². The van der Waals surface area contributed by atoms with Crippen molar-refractivity contribution in [1.82, 2.24) is 10.3 Å². The molecule has 3 heterocycles. The lowest BCUT2D eigenvalue weighted by molar-refractivity contribution is -0.154. The van der Waals surface area contributed by atoms with Crippen LogP contribution in [0.2, 0.25) is 0 Å². The third-order valence-electron chi connectivity index (χ3n) is 7.58. The first-order valence-corrected chi connectivity index (χ1v) is 13.2. The summed E-state index contributed by atoms with van der Waals surface area (Å²) < 4.78 is 5.86. The Balaban J connectivity index is 1.81. The predicted octanol–water partition coefficient (Wildman–Crippen LogP) is 3.66. The molecule has 3 N–H and O–H groups in total. The first-order valence-electron chi connectivity index (χ1n) is 12.4. The number of aliphatic hydroxyl groups excluding tert-OH is 2. The van der Waals surface area contributed by atoms with Gasteiger partial charge < -0.3 is 20.3 Å². The van der Waals surface area contributed by atoms with Gasteiger partial charge in [-0.25, -0.2) is 4.98 Å². The molecule has 0 radical (unpaired) electrons. The highest BCUT2D eigenvalue weighted by atomic mass is 32.1. The number of hydrogen-bond acceptors (Lipinski definition) is 8. The van der Waals surface area contributed by atoms with Gasteiger partial charge in [0, 0.05) is 29.8 Å². The average Bonchev–Trinajstić information content (AvgIpc) is 3.38. The largest absolute Gasteiger partial charge is 0.458 e. The second-order valence-corrected chi connectivity index (χ2v) is 11.8. The Bertz CT molecular complexity index is 911. The van der Waals surface area contributed by atoms with E-state index >= 15 is 0 Å². The number of Topliss-reactive ketones (excluding diaryl/α,β-unsaturated/α-hetero) is 1. The van der Waals surface area contributed by atoms with Crippen LogP contribution in [0.5, 0.6) is 0 Å². The number of aromatic nitrogens is 1. The molecule has 0 bridgehead atoms. The number of aryl methyl sites for hydroxylation is 1. The van der Waals surface area contributed by atoms with Crippen molar-refractivity contribution >= 4 is 29.2 Å². The molecule has 0 aliphatic carbocycles. The van der Waals surface area contributed by atoms with Gasteiger partial charge in [0.1, 0.15) is 11.9 Å². The van der Waals surface area contributed by atoms with Crippen LogP contribution in [0.4, 0.5) is 0 Å². The molecule has 2 aliphatic rings. The number of nitrogens with one attached hydrogen (secondary N) is 1. The van der Waals surface area contributed by atoms with Gasteiger partial charge in [0.05, 0.1) is 34.7 Å². The van der Waals surface area contributed by atoms with Crippen LogP contribution in [0.15, 0.2) is 11.0 Å². The number of carbonyl (C=O) groups is 2. The Morgan fingerprint density at radius 1 is 1.24 bits per heavy atom. The highest BCUT2D eigenvalue weighted by Crippen LogP contribution is 2.33. The average molecular weight is 493 g/mol. The highest BCUT2D eigenvalue weighted by molar-refractivity contribution is 7.09. The van der Waals surface area contributed by atoms with E-state index in [1.807, 2.05) is 32.2 Å². The molecule has 2 fully saturated rings. The van der Waals surface area contributed by atoms with Crippen molar-refractivity contribution in [2.45, 2.75) is 104 Å². The van der Waals surface area contributed by atoms with Crippen LogP contribution in [0.1, 0.15) is 77.4 Å². The van der Waals surface area contributed by atoms with Gasteiger partial charge in [0.25, 0.3) is 0 Å². The molecule has 1 unspecified atom stereocenters. The van der Waals surface area contributed by atoms with Crippen molar-refractivity contribution in [3.8, 4) is 0 Å². The third kappa shape index (κ3) is 6.53. The number of rotatable bonds is 2. The fourth-order valence-corrected chi connectivity index (χ4v) is 5.49. The van der Waals surface area contributed by atoms with Crippen LogP contribution in [0.25, 0.3) is 6.08 Å². The maximum atomic E-state index is 13.2. The molecule has 2 aliphatic heterocycles. The van der Waals surface area contributed by atoms with Gasteiger partial charge in [-0.05, 0) is 44.3 Å². The molecular formula is C26H40N2O5S. The summed E-state index contributed by atoms with van der Waals surface area (Å²) in [5, 5.41) is 28.1.